The minimum atomic E-state index is 0.258. The number of fused-ring (bicyclic) bond motifs is 1. The lowest BCUT2D eigenvalue weighted by atomic mass is 9.84. The maximum Gasteiger partial charge on any atom is 0.163 e. The van der Waals surface area contributed by atoms with E-state index in [1.807, 2.05) is 19.9 Å². The summed E-state index contributed by atoms with van der Waals surface area (Å²) >= 11 is 0. The second-order valence-corrected chi connectivity index (χ2v) is 9.24. The van der Waals surface area contributed by atoms with Gasteiger partial charge in [0, 0.05) is 18.4 Å². The maximum atomic E-state index is 12.3. The average Bonchev–Trinajstić information content (AvgIpc) is 2.87. The average molecular weight is 475 g/mol. The molecule has 0 radical (unpaired) electrons. The van der Waals surface area contributed by atoms with E-state index >= 15 is 0 Å². The minimum Gasteiger partial charge on any atom is -0.300 e. The van der Waals surface area contributed by atoms with Crippen molar-refractivity contribution in [2.45, 2.75) is 98.3 Å². The first-order chi connectivity index (χ1) is 16.9. The summed E-state index contributed by atoms with van der Waals surface area (Å²) in [6.07, 6.45) is 21.8. The van der Waals surface area contributed by atoms with E-state index in [0.29, 0.717) is 12.2 Å². The van der Waals surface area contributed by atoms with Gasteiger partial charge in [0.25, 0.3) is 0 Å². The van der Waals surface area contributed by atoms with Crippen molar-refractivity contribution in [1.82, 2.24) is 0 Å². The van der Waals surface area contributed by atoms with Gasteiger partial charge in [-0.3, -0.25) is 4.79 Å². The Labute approximate surface area is 214 Å². The fraction of sp³-hybridized carbons (Fsp3) is 0.455. The number of aryl methyl sites for hydroxylation is 1. The summed E-state index contributed by atoms with van der Waals surface area (Å²) in [5.41, 5.74) is 6.83. The van der Waals surface area contributed by atoms with Crippen molar-refractivity contribution in [3.8, 4) is 0 Å². The fourth-order valence-electron chi connectivity index (χ4n) is 4.14. The van der Waals surface area contributed by atoms with Crippen LogP contribution < -0.4 is 0 Å². The highest BCUT2D eigenvalue weighted by Gasteiger charge is 2.21. The summed E-state index contributed by atoms with van der Waals surface area (Å²) in [7, 11) is 0. The van der Waals surface area contributed by atoms with Gasteiger partial charge >= 0.3 is 0 Å². The van der Waals surface area contributed by atoms with E-state index in [-0.39, 0.29) is 5.78 Å². The summed E-state index contributed by atoms with van der Waals surface area (Å²) in [6, 6.07) is 6.29. The molecule has 0 saturated carbocycles. The molecule has 0 unspecified atom stereocenters. The first-order valence-electron chi connectivity index (χ1n) is 13.4. The highest BCUT2D eigenvalue weighted by Crippen LogP contribution is 2.31. The molecule has 190 valence electrons. The van der Waals surface area contributed by atoms with Crippen molar-refractivity contribution in [3.63, 3.8) is 0 Å². The van der Waals surface area contributed by atoms with Crippen LogP contribution in [-0.4, -0.2) is 11.6 Å². The monoisotopic (exact) mass is 474 g/mol. The smallest absolute Gasteiger partial charge is 0.163 e. The zero-order valence-corrected chi connectivity index (χ0v) is 22.6. The van der Waals surface area contributed by atoms with Crippen molar-refractivity contribution in [2.24, 2.45) is 0 Å². The molecule has 2 heteroatoms. The molecule has 0 saturated heterocycles. The Balaban J connectivity index is 0.000000357. The third-order valence-corrected chi connectivity index (χ3v) is 6.09. The SMILES string of the molecule is C=C(C)CCCCCCCC(C)=O.C=Cc1ccc2c(c1)/C(=C/C1=CC=CCC1)C(=O)CC2.CC. The zero-order chi connectivity index (χ0) is 26.1. The molecule has 0 fully saturated rings. The molecule has 3 rings (SSSR count). The van der Waals surface area contributed by atoms with Crippen LogP contribution in [0.15, 0.2) is 66.8 Å². The van der Waals surface area contributed by atoms with Gasteiger partial charge in [0.2, 0.25) is 0 Å². The Hall–Kier alpha value is -2.74. The molecule has 1 aromatic carbocycles. The van der Waals surface area contributed by atoms with Crippen LogP contribution >= 0.6 is 0 Å². The largest absolute Gasteiger partial charge is 0.300 e. The summed E-state index contributed by atoms with van der Waals surface area (Å²) in [4.78, 5) is 22.9. The Kier molecular flexibility index (Phi) is 15.3. The van der Waals surface area contributed by atoms with E-state index in [2.05, 4.69) is 62.6 Å². The third-order valence-electron chi connectivity index (χ3n) is 6.09. The standard InChI is InChI=1S/C19H18O.C12H22O.C2H6/c1-2-14-8-9-16-10-11-19(20)18(17(16)12-14)13-15-6-4-3-5-7-15;1-11(2)9-7-5-4-6-8-10-12(3)13;1-2/h2-4,6,8-9,12-13H,1,5,7,10-11H2;1,4-10H2,2-3H3;1-2H3/b18-13-;;. The zero-order valence-electron chi connectivity index (χ0n) is 22.6. The predicted molar refractivity (Wildman–Crippen MR) is 153 cm³/mol. The van der Waals surface area contributed by atoms with Gasteiger partial charge < -0.3 is 4.79 Å². The molecule has 0 aromatic heterocycles. The van der Waals surface area contributed by atoms with Gasteiger partial charge in [-0.05, 0) is 86.8 Å². The van der Waals surface area contributed by atoms with Crippen molar-refractivity contribution in [1.29, 1.82) is 0 Å². The van der Waals surface area contributed by atoms with E-state index < -0.39 is 0 Å². The van der Waals surface area contributed by atoms with Gasteiger partial charge in [0.1, 0.15) is 5.78 Å². The quantitative estimate of drug-likeness (QED) is 0.192. The molecule has 0 N–H and O–H groups in total. The first kappa shape index (κ1) is 30.3. The molecule has 0 atom stereocenters. The lowest BCUT2D eigenvalue weighted by molar-refractivity contribution is -0.117. The second-order valence-electron chi connectivity index (χ2n) is 9.24. The molecule has 2 aliphatic carbocycles. The second kappa shape index (κ2) is 17.7. The summed E-state index contributed by atoms with van der Waals surface area (Å²) in [5.74, 6) is 0.580. The maximum absolute atomic E-state index is 12.3. The number of unbranched alkanes of at least 4 members (excludes halogenated alkanes) is 4. The van der Waals surface area contributed by atoms with E-state index in [1.165, 1.54) is 42.4 Å². The predicted octanol–water partition coefficient (Wildman–Crippen LogP) is 9.41. The number of allylic oxidation sites excluding steroid dienone is 7. The van der Waals surface area contributed by atoms with Gasteiger partial charge in [-0.1, -0.05) is 81.7 Å². The van der Waals surface area contributed by atoms with E-state index in [9.17, 15) is 9.59 Å². The van der Waals surface area contributed by atoms with Crippen LogP contribution in [0.25, 0.3) is 11.6 Å². The highest BCUT2D eigenvalue weighted by atomic mass is 16.1. The molecule has 0 aliphatic heterocycles. The topological polar surface area (TPSA) is 34.1 Å². The first-order valence-corrected chi connectivity index (χ1v) is 13.4. The molecule has 1 aromatic rings. The molecular formula is C33H46O2. The molecule has 0 bridgehead atoms. The van der Waals surface area contributed by atoms with Gasteiger partial charge in [-0.2, -0.15) is 0 Å². The van der Waals surface area contributed by atoms with Gasteiger partial charge in [0.05, 0.1) is 0 Å². The Bertz CT molecular complexity index is 922. The van der Waals surface area contributed by atoms with Gasteiger partial charge in [-0.15, -0.1) is 6.58 Å². The van der Waals surface area contributed by atoms with Crippen LogP contribution in [0, 0.1) is 0 Å². The van der Waals surface area contributed by atoms with E-state index in [0.717, 1.165) is 55.2 Å². The Morgan fingerprint density at radius 1 is 0.971 bits per heavy atom. The number of hydrogen-bond acceptors (Lipinski definition) is 2. The van der Waals surface area contributed by atoms with Gasteiger partial charge in [-0.25, -0.2) is 0 Å². The number of rotatable bonds is 10. The van der Waals surface area contributed by atoms with Crippen molar-refractivity contribution in [3.05, 3.63) is 83.5 Å². The van der Waals surface area contributed by atoms with Crippen LogP contribution in [0.4, 0.5) is 0 Å². The molecule has 2 nitrogen and oxygen atoms in total. The van der Waals surface area contributed by atoms with Crippen LogP contribution in [0.2, 0.25) is 0 Å². The lowest BCUT2D eigenvalue weighted by Crippen LogP contribution is -2.13. The number of hydrogen-bond donors (Lipinski definition) is 0. The van der Waals surface area contributed by atoms with Crippen LogP contribution in [0.1, 0.15) is 109 Å². The summed E-state index contributed by atoms with van der Waals surface area (Å²) in [6.45, 7) is 15.4. The van der Waals surface area contributed by atoms with Crippen LogP contribution in [0.5, 0.6) is 0 Å². The normalized spacial score (nSPS) is 15.1. The summed E-state index contributed by atoms with van der Waals surface area (Å²) in [5, 5.41) is 0. The fourth-order valence-corrected chi connectivity index (χ4v) is 4.14. The Morgan fingerprint density at radius 3 is 2.26 bits per heavy atom. The van der Waals surface area contributed by atoms with E-state index in [1.54, 1.807) is 6.92 Å². The van der Waals surface area contributed by atoms with Crippen LogP contribution in [-0.2, 0) is 16.0 Å². The minimum absolute atomic E-state index is 0.258. The van der Waals surface area contributed by atoms with Crippen molar-refractivity contribution >= 4 is 23.2 Å². The van der Waals surface area contributed by atoms with Gasteiger partial charge in [0.15, 0.2) is 5.78 Å². The van der Waals surface area contributed by atoms with Crippen molar-refractivity contribution < 1.29 is 9.59 Å². The molecule has 2 aliphatic rings. The number of carbonyl (C=O) groups is 2. The number of carbonyl (C=O) groups excluding carboxylic acids is 2. The third kappa shape index (κ3) is 12.0. The molecule has 0 heterocycles. The van der Waals surface area contributed by atoms with Crippen LogP contribution in [0.3, 0.4) is 0 Å². The lowest BCUT2D eigenvalue weighted by Gasteiger charge is -2.19. The summed E-state index contributed by atoms with van der Waals surface area (Å²) < 4.78 is 0. The molecular weight excluding hydrogens is 428 g/mol. The number of ketones is 2. The van der Waals surface area contributed by atoms with E-state index in [4.69, 9.17) is 0 Å². The highest BCUT2D eigenvalue weighted by molar-refractivity contribution is 6.22. The number of Topliss-reactive ketones (excluding diaryl/α,β-unsaturated/α-hetero) is 2. The number of benzene rings is 1. The molecule has 35 heavy (non-hydrogen) atoms. The molecule has 0 spiro atoms. The molecule has 0 amide bonds. The van der Waals surface area contributed by atoms with Crippen molar-refractivity contribution in [2.75, 3.05) is 0 Å². The Morgan fingerprint density at radius 2 is 1.66 bits per heavy atom.